The summed E-state index contributed by atoms with van der Waals surface area (Å²) in [7, 11) is 1.99. The summed E-state index contributed by atoms with van der Waals surface area (Å²) >= 11 is 0. The van der Waals surface area contributed by atoms with E-state index in [4.69, 9.17) is 4.98 Å². The van der Waals surface area contributed by atoms with Crippen molar-refractivity contribution < 1.29 is 0 Å². The number of nitrogens with one attached hydrogen (secondary N) is 1. The minimum atomic E-state index is 0.749. The Balaban J connectivity index is 1.83. The molecule has 2 atom stereocenters. The van der Waals surface area contributed by atoms with E-state index in [1.54, 1.807) is 0 Å². The second kappa shape index (κ2) is 6.13. The number of aryl methyl sites for hydroxylation is 1. The highest BCUT2D eigenvalue weighted by atomic mass is 15.2. The van der Waals surface area contributed by atoms with Gasteiger partial charge >= 0.3 is 0 Å². The van der Waals surface area contributed by atoms with E-state index in [1.807, 2.05) is 13.2 Å². The van der Waals surface area contributed by atoms with Crippen LogP contribution in [0, 0.1) is 12.8 Å². The molecule has 3 heteroatoms. The standard InChI is InChI=1S/C17H27N3/c1-13-10-14(11-18-2)12-19-17(13)20-9-5-7-15-6-3-4-8-16(15)20/h10,12,15-16,18H,3-9,11H2,1-2H3. The predicted octanol–water partition coefficient (Wildman–Crippen LogP) is 3.27. The van der Waals surface area contributed by atoms with Gasteiger partial charge in [0.15, 0.2) is 0 Å². The molecular weight excluding hydrogens is 246 g/mol. The first-order valence-corrected chi connectivity index (χ1v) is 8.16. The summed E-state index contributed by atoms with van der Waals surface area (Å²) < 4.78 is 0. The summed E-state index contributed by atoms with van der Waals surface area (Å²) in [6.45, 7) is 4.31. The molecule has 2 unspecified atom stereocenters. The van der Waals surface area contributed by atoms with Crippen molar-refractivity contribution in [3.8, 4) is 0 Å². The zero-order valence-corrected chi connectivity index (χ0v) is 12.9. The fourth-order valence-electron chi connectivity index (χ4n) is 4.12. The fourth-order valence-corrected chi connectivity index (χ4v) is 4.12. The normalized spacial score (nSPS) is 26.4. The van der Waals surface area contributed by atoms with Crippen LogP contribution in [0.15, 0.2) is 12.3 Å². The van der Waals surface area contributed by atoms with Gasteiger partial charge in [0.2, 0.25) is 0 Å². The Morgan fingerprint density at radius 1 is 1.25 bits per heavy atom. The van der Waals surface area contributed by atoms with Gasteiger partial charge in [0.1, 0.15) is 5.82 Å². The van der Waals surface area contributed by atoms with Crippen molar-refractivity contribution in [3.05, 3.63) is 23.4 Å². The van der Waals surface area contributed by atoms with Crippen molar-refractivity contribution >= 4 is 5.82 Å². The van der Waals surface area contributed by atoms with Crippen LogP contribution in [0.25, 0.3) is 0 Å². The lowest BCUT2D eigenvalue weighted by Crippen LogP contribution is -2.47. The third-order valence-electron chi connectivity index (χ3n) is 5.00. The van der Waals surface area contributed by atoms with E-state index >= 15 is 0 Å². The predicted molar refractivity (Wildman–Crippen MR) is 84.1 cm³/mol. The molecule has 1 saturated carbocycles. The van der Waals surface area contributed by atoms with Gasteiger partial charge in [0.25, 0.3) is 0 Å². The van der Waals surface area contributed by atoms with Gasteiger partial charge in [0, 0.05) is 25.3 Å². The Morgan fingerprint density at radius 2 is 2.05 bits per heavy atom. The molecular formula is C17H27N3. The lowest BCUT2D eigenvalue weighted by Gasteiger charge is -2.45. The van der Waals surface area contributed by atoms with Gasteiger partial charge in [0.05, 0.1) is 0 Å². The van der Waals surface area contributed by atoms with Gasteiger partial charge in [-0.2, -0.15) is 0 Å². The topological polar surface area (TPSA) is 28.2 Å². The lowest BCUT2D eigenvalue weighted by molar-refractivity contribution is 0.242. The smallest absolute Gasteiger partial charge is 0.131 e. The molecule has 110 valence electrons. The van der Waals surface area contributed by atoms with E-state index in [9.17, 15) is 0 Å². The van der Waals surface area contributed by atoms with Gasteiger partial charge in [-0.15, -0.1) is 0 Å². The Hall–Kier alpha value is -1.09. The molecule has 20 heavy (non-hydrogen) atoms. The second-order valence-corrected chi connectivity index (χ2v) is 6.46. The summed E-state index contributed by atoms with van der Waals surface area (Å²) in [4.78, 5) is 7.41. The van der Waals surface area contributed by atoms with Crippen LogP contribution in [0.2, 0.25) is 0 Å². The molecule has 0 radical (unpaired) electrons. The van der Waals surface area contributed by atoms with Crippen LogP contribution in [0.3, 0.4) is 0 Å². The minimum Gasteiger partial charge on any atom is -0.353 e. The molecule has 1 saturated heterocycles. The van der Waals surface area contributed by atoms with Crippen LogP contribution in [-0.4, -0.2) is 24.6 Å². The first-order chi connectivity index (χ1) is 9.79. The average molecular weight is 273 g/mol. The maximum absolute atomic E-state index is 4.80. The van der Waals surface area contributed by atoms with Gasteiger partial charge in [-0.3, -0.25) is 0 Å². The van der Waals surface area contributed by atoms with Crippen molar-refractivity contribution in [3.63, 3.8) is 0 Å². The molecule has 2 fully saturated rings. The molecule has 3 nitrogen and oxygen atoms in total. The molecule has 0 amide bonds. The largest absolute Gasteiger partial charge is 0.353 e. The molecule has 0 bridgehead atoms. The molecule has 2 aliphatic rings. The molecule has 2 heterocycles. The van der Waals surface area contributed by atoms with Gasteiger partial charge in [-0.1, -0.05) is 12.8 Å². The van der Waals surface area contributed by atoms with Crippen LogP contribution in [0.5, 0.6) is 0 Å². The third-order valence-corrected chi connectivity index (χ3v) is 5.00. The Labute approximate surface area is 122 Å². The maximum atomic E-state index is 4.80. The van der Waals surface area contributed by atoms with Crippen LogP contribution in [0.4, 0.5) is 5.82 Å². The van der Waals surface area contributed by atoms with Crippen molar-refractivity contribution in [1.29, 1.82) is 0 Å². The number of hydrogen-bond donors (Lipinski definition) is 1. The average Bonchev–Trinajstić information content (AvgIpc) is 2.47. The molecule has 1 aliphatic heterocycles. The van der Waals surface area contributed by atoms with Crippen LogP contribution in [-0.2, 0) is 6.54 Å². The quantitative estimate of drug-likeness (QED) is 0.916. The molecule has 1 N–H and O–H groups in total. The van der Waals surface area contributed by atoms with Gasteiger partial charge in [-0.25, -0.2) is 4.98 Å². The number of anilines is 1. The monoisotopic (exact) mass is 273 g/mol. The van der Waals surface area contributed by atoms with Crippen molar-refractivity contribution in [2.24, 2.45) is 5.92 Å². The zero-order valence-electron chi connectivity index (χ0n) is 12.9. The summed E-state index contributed by atoms with van der Waals surface area (Å²) in [5.74, 6) is 2.15. The number of nitrogens with zero attached hydrogens (tertiary/aromatic N) is 2. The third kappa shape index (κ3) is 2.69. The molecule has 1 aromatic rings. The van der Waals surface area contributed by atoms with Gasteiger partial charge < -0.3 is 10.2 Å². The Kier molecular flexibility index (Phi) is 4.25. The Bertz CT molecular complexity index is 456. The van der Waals surface area contributed by atoms with Crippen molar-refractivity contribution in [2.45, 2.75) is 58.0 Å². The zero-order chi connectivity index (χ0) is 13.9. The molecule has 1 aliphatic carbocycles. The van der Waals surface area contributed by atoms with E-state index in [-0.39, 0.29) is 0 Å². The van der Waals surface area contributed by atoms with E-state index in [2.05, 4.69) is 23.2 Å². The van der Waals surface area contributed by atoms with E-state index in [1.165, 1.54) is 62.0 Å². The second-order valence-electron chi connectivity index (χ2n) is 6.46. The highest BCUT2D eigenvalue weighted by molar-refractivity contribution is 5.49. The maximum Gasteiger partial charge on any atom is 0.131 e. The van der Waals surface area contributed by atoms with E-state index in [0.717, 1.165) is 18.5 Å². The lowest BCUT2D eigenvalue weighted by atomic mass is 9.78. The summed E-state index contributed by atoms with van der Waals surface area (Å²) in [6, 6.07) is 3.05. The van der Waals surface area contributed by atoms with Crippen molar-refractivity contribution in [1.82, 2.24) is 10.3 Å². The highest BCUT2D eigenvalue weighted by Gasteiger charge is 2.34. The van der Waals surface area contributed by atoms with Crippen LogP contribution < -0.4 is 10.2 Å². The summed E-state index contributed by atoms with van der Waals surface area (Å²) in [5.41, 5.74) is 2.62. The van der Waals surface area contributed by atoms with Crippen molar-refractivity contribution in [2.75, 3.05) is 18.5 Å². The van der Waals surface area contributed by atoms with Crippen LogP contribution >= 0.6 is 0 Å². The number of aromatic nitrogens is 1. The number of fused-ring (bicyclic) bond motifs is 1. The van der Waals surface area contributed by atoms with Gasteiger partial charge in [-0.05, 0) is 62.8 Å². The molecule has 0 aromatic carbocycles. The fraction of sp³-hybridized carbons (Fsp3) is 0.706. The molecule has 1 aromatic heterocycles. The summed E-state index contributed by atoms with van der Waals surface area (Å²) in [5, 5.41) is 3.20. The summed E-state index contributed by atoms with van der Waals surface area (Å²) in [6.07, 6.45) is 10.4. The Morgan fingerprint density at radius 3 is 2.85 bits per heavy atom. The van der Waals surface area contributed by atoms with E-state index in [0.29, 0.717) is 0 Å². The number of pyridine rings is 1. The number of rotatable bonds is 3. The van der Waals surface area contributed by atoms with E-state index < -0.39 is 0 Å². The number of hydrogen-bond acceptors (Lipinski definition) is 3. The minimum absolute atomic E-state index is 0.749. The SMILES string of the molecule is CNCc1cnc(N2CCCC3CCCCC32)c(C)c1. The van der Waals surface area contributed by atoms with Crippen LogP contribution in [0.1, 0.15) is 49.7 Å². The first kappa shape index (κ1) is 13.9. The molecule has 0 spiro atoms. The first-order valence-electron chi connectivity index (χ1n) is 8.16. The highest BCUT2D eigenvalue weighted by Crippen LogP contribution is 2.37. The molecule has 3 rings (SSSR count). The number of piperidine rings is 1.